The first-order valence-electron chi connectivity index (χ1n) is 6.32. The first-order chi connectivity index (χ1) is 9.20. The molecule has 3 aromatic rings. The van der Waals surface area contributed by atoms with Crippen LogP contribution in [-0.4, -0.2) is 21.3 Å². The van der Waals surface area contributed by atoms with Gasteiger partial charge in [-0.1, -0.05) is 23.5 Å². The molecule has 2 N–H and O–H groups in total. The minimum atomic E-state index is 0.646. The fourth-order valence-electron chi connectivity index (χ4n) is 2.32. The van der Waals surface area contributed by atoms with Gasteiger partial charge in [-0.2, -0.15) is 5.10 Å². The van der Waals surface area contributed by atoms with Gasteiger partial charge in [-0.25, -0.2) is 9.67 Å². The minimum Gasteiger partial charge on any atom is -0.330 e. The summed E-state index contributed by atoms with van der Waals surface area (Å²) in [5.41, 5.74) is 10.1. The number of nitrogens with zero attached hydrogens (tertiary/aromatic N) is 3. The summed E-state index contributed by atoms with van der Waals surface area (Å²) in [4.78, 5) is 4.65. The smallest absolute Gasteiger partial charge is 0.211 e. The van der Waals surface area contributed by atoms with E-state index in [0.717, 1.165) is 28.5 Å². The molecule has 1 aromatic carbocycles. The van der Waals surface area contributed by atoms with Crippen LogP contribution in [0.4, 0.5) is 0 Å². The standard InChI is InChI=1S/C14H16N4S/c1-9-11(7-8-15)10(2)18(17-9)14-16-12-5-3-4-6-13(12)19-14/h3-6H,7-8,15H2,1-2H3. The topological polar surface area (TPSA) is 56.7 Å². The average molecular weight is 272 g/mol. The summed E-state index contributed by atoms with van der Waals surface area (Å²) < 4.78 is 3.12. The number of para-hydroxylation sites is 1. The van der Waals surface area contributed by atoms with Crippen LogP contribution in [0.1, 0.15) is 17.0 Å². The zero-order valence-corrected chi connectivity index (χ0v) is 11.9. The van der Waals surface area contributed by atoms with E-state index in [1.54, 1.807) is 11.3 Å². The highest BCUT2D eigenvalue weighted by Crippen LogP contribution is 2.26. The van der Waals surface area contributed by atoms with E-state index in [-0.39, 0.29) is 0 Å². The first kappa shape index (κ1) is 12.3. The minimum absolute atomic E-state index is 0.646. The van der Waals surface area contributed by atoms with E-state index in [0.29, 0.717) is 6.54 Å². The zero-order valence-electron chi connectivity index (χ0n) is 11.1. The number of aryl methyl sites for hydroxylation is 1. The number of rotatable bonds is 3. The lowest BCUT2D eigenvalue weighted by molar-refractivity contribution is 0.826. The molecule has 0 aliphatic carbocycles. The second kappa shape index (κ2) is 4.75. The average Bonchev–Trinajstić information content (AvgIpc) is 2.94. The molecule has 0 aliphatic heterocycles. The Kier molecular flexibility index (Phi) is 3.08. The summed E-state index contributed by atoms with van der Waals surface area (Å²) in [6.45, 7) is 4.76. The van der Waals surface area contributed by atoms with Crippen molar-refractivity contribution in [3.63, 3.8) is 0 Å². The van der Waals surface area contributed by atoms with Crippen molar-refractivity contribution < 1.29 is 0 Å². The lowest BCUT2D eigenvalue weighted by Gasteiger charge is -2.00. The summed E-state index contributed by atoms with van der Waals surface area (Å²) in [6, 6.07) is 8.16. The Morgan fingerprint density at radius 2 is 2.05 bits per heavy atom. The molecule has 0 spiro atoms. The van der Waals surface area contributed by atoms with Crippen LogP contribution in [0.3, 0.4) is 0 Å². The van der Waals surface area contributed by atoms with Gasteiger partial charge in [0, 0.05) is 5.69 Å². The maximum absolute atomic E-state index is 5.66. The van der Waals surface area contributed by atoms with Crippen molar-refractivity contribution in [2.75, 3.05) is 6.54 Å². The number of fused-ring (bicyclic) bond motifs is 1. The molecule has 0 saturated heterocycles. The van der Waals surface area contributed by atoms with Crippen molar-refractivity contribution in [3.05, 3.63) is 41.2 Å². The van der Waals surface area contributed by atoms with Crippen LogP contribution in [0.5, 0.6) is 0 Å². The highest BCUT2D eigenvalue weighted by molar-refractivity contribution is 7.20. The molecule has 98 valence electrons. The fourth-order valence-corrected chi connectivity index (χ4v) is 3.29. The van der Waals surface area contributed by atoms with Gasteiger partial charge >= 0.3 is 0 Å². The Hall–Kier alpha value is -1.72. The number of nitrogens with two attached hydrogens (primary N) is 1. The third-order valence-electron chi connectivity index (χ3n) is 3.30. The normalized spacial score (nSPS) is 11.3. The van der Waals surface area contributed by atoms with Crippen LogP contribution in [-0.2, 0) is 6.42 Å². The molecule has 3 rings (SSSR count). The van der Waals surface area contributed by atoms with Crippen LogP contribution >= 0.6 is 11.3 Å². The van der Waals surface area contributed by atoms with E-state index < -0.39 is 0 Å². The van der Waals surface area contributed by atoms with E-state index in [1.165, 1.54) is 10.3 Å². The Morgan fingerprint density at radius 3 is 2.79 bits per heavy atom. The molecule has 0 amide bonds. The van der Waals surface area contributed by atoms with E-state index in [2.05, 4.69) is 23.1 Å². The number of benzene rings is 1. The molecule has 4 nitrogen and oxygen atoms in total. The third-order valence-corrected chi connectivity index (χ3v) is 4.31. The van der Waals surface area contributed by atoms with E-state index in [9.17, 15) is 0 Å². The summed E-state index contributed by atoms with van der Waals surface area (Å²) in [5.74, 6) is 0. The number of hydrogen-bond acceptors (Lipinski definition) is 4. The Labute approximate surface area is 115 Å². The second-order valence-corrected chi connectivity index (χ2v) is 5.57. The van der Waals surface area contributed by atoms with Gasteiger partial charge in [-0.3, -0.25) is 0 Å². The maximum atomic E-state index is 5.66. The third kappa shape index (κ3) is 2.05. The number of thiazole rings is 1. The second-order valence-electron chi connectivity index (χ2n) is 4.56. The van der Waals surface area contributed by atoms with Crippen LogP contribution in [0.15, 0.2) is 24.3 Å². The molecule has 2 heterocycles. The SMILES string of the molecule is Cc1nn(-c2nc3ccccc3s2)c(C)c1CCN. The lowest BCUT2D eigenvalue weighted by atomic mass is 10.1. The van der Waals surface area contributed by atoms with Gasteiger partial charge in [0.15, 0.2) is 0 Å². The lowest BCUT2D eigenvalue weighted by Crippen LogP contribution is -2.05. The van der Waals surface area contributed by atoms with Gasteiger partial charge < -0.3 is 5.73 Å². The highest BCUT2D eigenvalue weighted by atomic mass is 32.1. The molecule has 19 heavy (non-hydrogen) atoms. The molecule has 0 saturated carbocycles. The Balaban J connectivity index is 2.13. The summed E-state index contributed by atoms with van der Waals surface area (Å²) in [7, 11) is 0. The van der Waals surface area contributed by atoms with Crippen LogP contribution < -0.4 is 5.73 Å². The van der Waals surface area contributed by atoms with Gasteiger partial charge in [0.05, 0.1) is 15.9 Å². The molecule has 5 heteroatoms. The van der Waals surface area contributed by atoms with Crippen molar-refractivity contribution in [3.8, 4) is 5.13 Å². The molecule has 0 unspecified atom stereocenters. The Morgan fingerprint density at radius 1 is 1.26 bits per heavy atom. The Bertz CT molecular complexity index is 693. The predicted octanol–water partition coefficient (Wildman–Crippen LogP) is 2.60. The van der Waals surface area contributed by atoms with Crippen molar-refractivity contribution in [1.82, 2.24) is 14.8 Å². The summed E-state index contributed by atoms with van der Waals surface area (Å²) in [6.07, 6.45) is 0.864. The van der Waals surface area contributed by atoms with Crippen LogP contribution in [0.25, 0.3) is 15.3 Å². The molecular weight excluding hydrogens is 256 g/mol. The molecule has 0 atom stereocenters. The zero-order chi connectivity index (χ0) is 13.4. The molecule has 0 fully saturated rings. The predicted molar refractivity (Wildman–Crippen MR) is 79.0 cm³/mol. The molecule has 0 bridgehead atoms. The molecule has 0 aliphatic rings. The van der Waals surface area contributed by atoms with E-state index in [4.69, 9.17) is 5.73 Å². The summed E-state index contributed by atoms with van der Waals surface area (Å²) >= 11 is 1.66. The van der Waals surface area contributed by atoms with Crippen molar-refractivity contribution >= 4 is 21.6 Å². The monoisotopic (exact) mass is 272 g/mol. The van der Waals surface area contributed by atoms with Crippen LogP contribution in [0.2, 0.25) is 0 Å². The summed E-state index contributed by atoms with van der Waals surface area (Å²) in [5, 5.41) is 5.52. The van der Waals surface area contributed by atoms with E-state index in [1.807, 2.05) is 29.8 Å². The number of aromatic nitrogens is 3. The molecule has 2 aromatic heterocycles. The first-order valence-corrected chi connectivity index (χ1v) is 7.13. The van der Waals surface area contributed by atoms with Gasteiger partial charge in [-0.15, -0.1) is 0 Å². The van der Waals surface area contributed by atoms with Gasteiger partial charge in [-0.05, 0) is 44.5 Å². The molecular formula is C14H16N4S. The quantitative estimate of drug-likeness (QED) is 0.797. The largest absolute Gasteiger partial charge is 0.330 e. The van der Waals surface area contributed by atoms with Crippen molar-refractivity contribution in [1.29, 1.82) is 0 Å². The van der Waals surface area contributed by atoms with E-state index >= 15 is 0 Å². The number of hydrogen-bond donors (Lipinski definition) is 1. The molecule has 0 radical (unpaired) electrons. The van der Waals surface area contributed by atoms with Crippen molar-refractivity contribution in [2.24, 2.45) is 5.73 Å². The van der Waals surface area contributed by atoms with Gasteiger partial charge in [0.2, 0.25) is 5.13 Å². The van der Waals surface area contributed by atoms with Gasteiger partial charge in [0.25, 0.3) is 0 Å². The van der Waals surface area contributed by atoms with Crippen molar-refractivity contribution in [2.45, 2.75) is 20.3 Å². The van der Waals surface area contributed by atoms with Crippen LogP contribution in [0, 0.1) is 13.8 Å². The highest BCUT2D eigenvalue weighted by Gasteiger charge is 2.14. The van der Waals surface area contributed by atoms with Gasteiger partial charge in [0.1, 0.15) is 0 Å². The maximum Gasteiger partial charge on any atom is 0.211 e. The fraction of sp³-hybridized carbons (Fsp3) is 0.286.